The Kier molecular flexibility index (Phi) is 4.00. The molecule has 0 amide bonds. The average molecular weight is 330 g/mol. The second kappa shape index (κ2) is 6.60. The van der Waals surface area contributed by atoms with Crippen molar-refractivity contribution < 1.29 is 0 Å². The van der Waals surface area contributed by atoms with Crippen LogP contribution in [-0.4, -0.2) is 27.0 Å². The topological polar surface area (TPSA) is 78.5 Å². The quantitative estimate of drug-likeness (QED) is 0.520. The third-order valence-corrected chi connectivity index (χ3v) is 4.06. The maximum absolute atomic E-state index is 4.52. The van der Waals surface area contributed by atoms with Crippen molar-refractivity contribution in [3.63, 3.8) is 0 Å². The normalized spacial score (nSPS) is 10.8. The molecule has 4 aromatic rings. The van der Waals surface area contributed by atoms with Crippen LogP contribution in [0.2, 0.25) is 0 Å². The molecule has 6 nitrogen and oxygen atoms in total. The number of anilines is 3. The number of aromatic amines is 1. The van der Waals surface area contributed by atoms with Gasteiger partial charge in [-0.15, -0.1) is 0 Å². The lowest BCUT2D eigenvalue weighted by atomic mass is 10.1. The molecule has 0 aromatic carbocycles. The van der Waals surface area contributed by atoms with Crippen molar-refractivity contribution >= 4 is 28.4 Å². The second-order valence-electron chi connectivity index (χ2n) is 5.72. The molecule has 0 aliphatic heterocycles. The number of nitrogens with zero attached hydrogens (tertiary/aromatic N) is 3. The fraction of sp³-hybridized carbons (Fsp3) is 0.105. The van der Waals surface area contributed by atoms with Gasteiger partial charge in [0, 0.05) is 43.6 Å². The highest BCUT2D eigenvalue weighted by Crippen LogP contribution is 2.23. The minimum absolute atomic E-state index is 0.786. The molecule has 0 saturated heterocycles. The zero-order chi connectivity index (χ0) is 17.1. The summed E-state index contributed by atoms with van der Waals surface area (Å²) in [6.45, 7) is 0. The SMILES string of the molecule is CNc1ncccc1Nc1ccc(Cc2c[nH]c3ncccc23)cn1. The van der Waals surface area contributed by atoms with E-state index in [1.807, 2.05) is 43.7 Å². The number of H-pyrrole nitrogens is 1. The minimum Gasteiger partial charge on any atom is -0.371 e. The number of rotatable bonds is 5. The fourth-order valence-corrected chi connectivity index (χ4v) is 2.83. The van der Waals surface area contributed by atoms with E-state index in [-0.39, 0.29) is 0 Å². The van der Waals surface area contributed by atoms with Crippen LogP contribution < -0.4 is 10.6 Å². The van der Waals surface area contributed by atoms with Gasteiger partial charge in [0.05, 0.1) is 5.69 Å². The van der Waals surface area contributed by atoms with Crippen LogP contribution in [0.4, 0.5) is 17.3 Å². The van der Waals surface area contributed by atoms with Crippen molar-refractivity contribution in [1.82, 2.24) is 19.9 Å². The highest BCUT2D eigenvalue weighted by atomic mass is 15.1. The smallest absolute Gasteiger partial charge is 0.149 e. The van der Waals surface area contributed by atoms with Gasteiger partial charge in [0.1, 0.15) is 17.3 Å². The summed E-state index contributed by atoms with van der Waals surface area (Å²) in [4.78, 5) is 16.3. The number of nitrogens with one attached hydrogen (secondary N) is 3. The molecule has 0 atom stereocenters. The van der Waals surface area contributed by atoms with Crippen LogP contribution in [0.25, 0.3) is 11.0 Å². The highest BCUT2D eigenvalue weighted by molar-refractivity contribution is 5.79. The Bertz CT molecular complexity index is 990. The van der Waals surface area contributed by atoms with E-state index in [0.717, 1.165) is 40.3 Å². The Balaban J connectivity index is 1.52. The predicted octanol–water partition coefficient (Wildman–Crippen LogP) is 3.73. The van der Waals surface area contributed by atoms with Gasteiger partial charge in [0.2, 0.25) is 0 Å². The lowest BCUT2D eigenvalue weighted by Crippen LogP contribution is -2.00. The van der Waals surface area contributed by atoms with Gasteiger partial charge >= 0.3 is 0 Å². The maximum Gasteiger partial charge on any atom is 0.149 e. The van der Waals surface area contributed by atoms with E-state index in [0.29, 0.717) is 0 Å². The molecule has 4 aromatic heterocycles. The van der Waals surface area contributed by atoms with Crippen LogP contribution in [0.1, 0.15) is 11.1 Å². The summed E-state index contributed by atoms with van der Waals surface area (Å²) in [6.07, 6.45) is 8.27. The van der Waals surface area contributed by atoms with Crippen molar-refractivity contribution in [2.24, 2.45) is 0 Å². The Hall–Kier alpha value is -3.41. The van der Waals surface area contributed by atoms with Crippen LogP contribution in [-0.2, 0) is 6.42 Å². The number of hydrogen-bond acceptors (Lipinski definition) is 5. The first-order valence-electron chi connectivity index (χ1n) is 8.09. The van der Waals surface area contributed by atoms with Crippen molar-refractivity contribution in [2.75, 3.05) is 17.7 Å². The second-order valence-corrected chi connectivity index (χ2v) is 5.72. The molecule has 0 saturated carbocycles. The van der Waals surface area contributed by atoms with Gasteiger partial charge < -0.3 is 15.6 Å². The predicted molar refractivity (Wildman–Crippen MR) is 100 cm³/mol. The van der Waals surface area contributed by atoms with Gasteiger partial charge in [-0.25, -0.2) is 15.0 Å². The van der Waals surface area contributed by atoms with Crippen molar-refractivity contribution in [2.45, 2.75) is 6.42 Å². The summed E-state index contributed by atoms with van der Waals surface area (Å²) in [7, 11) is 1.85. The number of pyridine rings is 3. The first-order valence-corrected chi connectivity index (χ1v) is 8.09. The highest BCUT2D eigenvalue weighted by Gasteiger charge is 2.06. The average Bonchev–Trinajstić information content (AvgIpc) is 3.07. The van der Waals surface area contributed by atoms with Gasteiger partial charge in [-0.05, 0) is 41.5 Å². The molecule has 4 heterocycles. The van der Waals surface area contributed by atoms with Crippen LogP contribution >= 0.6 is 0 Å². The van der Waals surface area contributed by atoms with E-state index in [1.54, 1.807) is 12.4 Å². The van der Waals surface area contributed by atoms with Crippen LogP contribution in [0, 0.1) is 0 Å². The van der Waals surface area contributed by atoms with Crippen molar-refractivity contribution in [1.29, 1.82) is 0 Å². The van der Waals surface area contributed by atoms with Gasteiger partial charge in [-0.2, -0.15) is 0 Å². The molecule has 124 valence electrons. The number of aromatic nitrogens is 4. The van der Waals surface area contributed by atoms with Crippen molar-refractivity contribution in [3.05, 3.63) is 72.3 Å². The molecule has 3 N–H and O–H groups in total. The largest absolute Gasteiger partial charge is 0.371 e. The lowest BCUT2D eigenvalue weighted by molar-refractivity contribution is 1.15. The molecule has 6 heteroatoms. The van der Waals surface area contributed by atoms with E-state index in [1.165, 1.54) is 5.56 Å². The molecule has 0 unspecified atom stereocenters. The first kappa shape index (κ1) is 15.1. The zero-order valence-corrected chi connectivity index (χ0v) is 13.8. The molecule has 0 aliphatic carbocycles. The van der Waals surface area contributed by atoms with E-state index >= 15 is 0 Å². The molecule has 25 heavy (non-hydrogen) atoms. The van der Waals surface area contributed by atoms with Crippen molar-refractivity contribution in [3.8, 4) is 0 Å². The van der Waals surface area contributed by atoms with Gasteiger partial charge in [-0.3, -0.25) is 0 Å². The minimum atomic E-state index is 0.786. The lowest BCUT2D eigenvalue weighted by Gasteiger charge is -2.10. The van der Waals surface area contributed by atoms with E-state index < -0.39 is 0 Å². The first-order chi connectivity index (χ1) is 12.3. The molecule has 0 radical (unpaired) electrons. The van der Waals surface area contributed by atoms with Gasteiger partial charge in [0.15, 0.2) is 0 Å². The maximum atomic E-state index is 4.52. The Labute approximate surface area is 145 Å². The molecule has 4 rings (SSSR count). The molecule has 0 bridgehead atoms. The third kappa shape index (κ3) is 3.14. The van der Waals surface area contributed by atoms with Crippen LogP contribution in [0.3, 0.4) is 0 Å². The number of hydrogen-bond donors (Lipinski definition) is 3. The van der Waals surface area contributed by atoms with E-state index in [4.69, 9.17) is 0 Å². The third-order valence-electron chi connectivity index (χ3n) is 4.06. The Morgan fingerprint density at radius 3 is 2.72 bits per heavy atom. The molecule has 0 spiro atoms. The molecular formula is C19H18N6. The fourth-order valence-electron chi connectivity index (χ4n) is 2.83. The summed E-state index contributed by atoms with van der Waals surface area (Å²) in [5.41, 5.74) is 4.18. The van der Waals surface area contributed by atoms with Crippen LogP contribution in [0.15, 0.2) is 61.2 Å². The van der Waals surface area contributed by atoms with Gasteiger partial charge in [0.25, 0.3) is 0 Å². The summed E-state index contributed by atoms with van der Waals surface area (Å²) in [6, 6.07) is 12.0. The summed E-state index contributed by atoms with van der Waals surface area (Å²) in [5.74, 6) is 1.58. The molecular weight excluding hydrogens is 312 g/mol. The molecule has 0 fully saturated rings. The van der Waals surface area contributed by atoms with Crippen LogP contribution in [0.5, 0.6) is 0 Å². The summed E-state index contributed by atoms with van der Waals surface area (Å²) < 4.78 is 0. The molecule has 0 aliphatic rings. The number of fused-ring (bicyclic) bond motifs is 1. The van der Waals surface area contributed by atoms with E-state index in [9.17, 15) is 0 Å². The summed E-state index contributed by atoms with van der Waals surface area (Å²) >= 11 is 0. The Morgan fingerprint density at radius 2 is 1.88 bits per heavy atom. The zero-order valence-electron chi connectivity index (χ0n) is 13.8. The van der Waals surface area contributed by atoms with Gasteiger partial charge in [-0.1, -0.05) is 6.07 Å². The standard InChI is InChI=1S/C19H18N6/c1-20-19-16(5-3-9-22-19)25-17-7-6-13(11-23-17)10-14-12-24-18-15(14)4-2-8-21-18/h2-9,11-12H,10H2,1H3,(H,20,22)(H,21,24)(H,23,25). The Morgan fingerprint density at radius 1 is 1.00 bits per heavy atom. The van der Waals surface area contributed by atoms with E-state index in [2.05, 4.69) is 42.7 Å². The monoisotopic (exact) mass is 330 g/mol. The summed E-state index contributed by atoms with van der Waals surface area (Å²) in [5, 5.41) is 7.50.